The van der Waals surface area contributed by atoms with E-state index in [1.54, 1.807) is 26.0 Å². The molecule has 1 aromatic heterocycles. The molecule has 0 saturated carbocycles. The maximum absolute atomic E-state index is 12.8. The standard InChI is InChI=1S/C26H22F3O3S/c1-17-16-33(23-7-5-4-6-22(17)23)21-14-8-18(9-15-21)24(30)32-25(2,3)19-10-12-20(13-11-19)31-26(27,28)29/h4-16H,1-3H3/q+1. The Balaban J connectivity index is 1.50. The number of hydrogen-bond donors (Lipinski definition) is 0. The third kappa shape index (κ3) is 5.03. The van der Waals surface area contributed by atoms with Crippen LogP contribution < -0.4 is 4.74 Å². The Morgan fingerprint density at radius 2 is 1.52 bits per heavy atom. The van der Waals surface area contributed by atoms with E-state index in [0.29, 0.717) is 11.1 Å². The van der Waals surface area contributed by atoms with Crippen molar-refractivity contribution in [2.75, 3.05) is 0 Å². The smallest absolute Gasteiger partial charge is 0.451 e. The molecule has 0 aliphatic carbocycles. The number of aryl methyl sites for hydroxylation is 1. The van der Waals surface area contributed by atoms with Crippen molar-refractivity contribution in [3.8, 4) is 10.6 Å². The second-order valence-corrected chi connectivity index (χ2v) is 9.95. The first-order chi connectivity index (χ1) is 15.5. The Morgan fingerprint density at radius 1 is 0.879 bits per heavy atom. The largest absolute Gasteiger partial charge is 0.573 e. The summed E-state index contributed by atoms with van der Waals surface area (Å²) in [5, 5.41) is 3.49. The van der Waals surface area contributed by atoms with Gasteiger partial charge in [-0.15, -0.1) is 13.2 Å². The lowest BCUT2D eigenvalue weighted by atomic mass is 9.98. The minimum Gasteiger partial charge on any atom is -0.451 e. The Labute approximate surface area is 192 Å². The van der Waals surface area contributed by atoms with E-state index in [1.165, 1.54) is 39.9 Å². The van der Waals surface area contributed by atoms with Gasteiger partial charge in [-0.2, -0.15) is 0 Å². The van der Waals surface area contributed by atoms with E-state index in [1.807, 2.05) is 24.3 Å². The molecule has 0 spiro atoms. The fraction of sp³-hybridized carbons (Fsp3) is 0.192. The highest BCUT2D eigenvalue weighted by Crippen LogP contribution is 2.42. The van der Waals surface area contributed by atoms with E-state index >= 15 is 0 Å². The predicted molar refractivity (Wildman–Crippen MR) is 124 cm³/mol. The topological polar surface area (TPSA) is 35.5 Å². The number of halogens is 3. The maximum atomic E-state index is 12.8. The molecule has 7 heteroatoms. The molecule has 0 amide bonds. The average molecular weight is 472 g/mol. The summed E-state index contributed by atoms with van der Waals surface area (Å²) in [5.74, 6) is -0.841. The summed E-state index contributed by atoms with van der Waals surface area (Å²) < 4.78 is 47.9. The lowest BCUT2D eigenvalue weighted by Gasteiger charge is -2.26. The first kappa shape index (κ1) is 22.9. The average Bonchev–Trinajstić information content (AvgIpc) is 3.10. The van der Waals surface area contributed by atoms with Gasteiger partial charge in [0.25, 0.3) is 0 Å². The van der Waals surface area contributed by atoms with Crippen molar-refractivity contribution < 1.29 is 27.4 Å². The van der Waals surface area contributed by atoms with Crippen LogP contribution in [0.4, 0.5) is 13.2 Å². The Bertz CT molecular complexity index is 1290. The van der Waals surface area contributed by atoms with Crippen molar-refractivity contribution >= 4 is 26.5 Å². The molecule has 0 aliphatic rings. The van der Waals surface area contributed by atoms with Gasteiger partial charge in [-0.25, -0.2) is 4.79 Å². The van der Waals surface area contributed by atoms with E-state index in [9.17, 15) is 18.0 Å². The molecule has 3 aromatic carbocycles. The summed E-state index contributed by atoms with van der Waals surface area (Å²) in [6.45, 7) is 5.47. The van der Waals surface area contributed by atoms with Crippen molar-refractivity contribution in [3.05, 3.63) is 94.9 Å². The number of carbonyl (C=O) groups excluding carboxylic acids is 1. The molecule has 4 rings (SSSR count). The molecule has 0 radical (unpaired) electrons. The number of ether oxygens (including phenoxy) is 2. The van der Waals surface area contributed by atoms with Gasteiger partial charge in [0.1, 0.15) is 16.7 Å². The minimum atomic E-state index is -4.76. The first-order valence-electron chi connectivity index (χ1n) is 10.2. The molecule has 4 aromatic rings. The summed E-state index contributed by atoms with van der Waals surface area (Å²) in [5.41, 5.74) is 1.15. The molecule has 170 valence electrons. The van der Waals surface area contributed by atoms with Crippen molar-refractivity contribution in [1.82, 2.24) is 0 Å². The first-order valence-corrected chi connectivity index (χ1v) is 11.5. The van der Waals surface area contributed by atoms with Crippen molar-refractivity contribution in [2.24, 2.45) is 0 Å². The molecule has 1 heterocycles. The van der Waals surface area contributed by atoms with Gasteiger partial charge in [-0.3, -0.25) is 0 Å². The molecule has 0 bridgehead atoms. The number of rotatable bonds is 5. The summed E-state index contributed by atoms with van der Waals surface area (Å²) in [6, 6.07) is 20.9. The lowest BCUT2D eigenvalue weighted by Crippen LogP contribution is -2.25. The van der Waals surface area contributed by atoms with Crippen LogP contribution in [0.3, 0.4) is 0 Å². The third-order valence-corrected chi connectivity index (χ3v) is 7.52. The highest BCUT2D eigenvalue weighted by atomic mass is 32.2. The zero-order valence-corrected chi connectivity index (χ0v) is 19.1. The van der Waals surface area contributed by atoms with Crippen LogP contribution in [0.1, 0.15) is 35.3 Å². The SMILES string of the molecule is Cc1c[s+](-c2ccc(C(=O)OC(C)(C)c3ccc(OC(F)(F)F)cc3)cc2)c2ccccc12. The maximum Gasteiger partial charge on any atom is 0.573 e. The third-order valence-electron chi connectivity index (χ3n) is 5.32. The fourth-order valence-corrected chi connectivity index (χ4v) is 5.75. The van der Waals surface area contributed by atoms with Crippen molar-refractivity contribution in [3.63, 3.8) is 0 Å². The number of thiophene rings is 1. The molecule has 1 unspecified atom stereocenters. The molecule has 3 nitrogen and oxygen atoms in total. The second kappa shape index (κ2) is 8.56. The zero-order valence-electron chi connectivity index (χ0n) is 18.3. The summed E-state index contributed by atoms with van der Waals surface area (Å²) in [7, 11) is -0.182. The van der Waals surface area contributed by atoms with Crippen LogP contribution in [0, 0.1) is 6.92 Å². The van der Waals surface area contributed by atoms with Gasteiger partial charge in [0.2, 0.25) is 0 Å². The van der Waals surface area contributed by atoms with E-state index in [2.05, 4.69) is 29.2 Å². The van der Waals surface area contributed by atoms with Gasteiger partial charge < -0.3 is 9.47 Å². The number of benzene rings is 3. The van der Waals surface area contributed by atoms with Gasteiger partial charge in [0, 0.05) is 21.4 Å². The molecule has 0 N–H and O–H groups in total. The van der Waals surface area contributed by atoms with Crippen molar-refractivity contribution in [1.29, 1.82) is 0 Å². The highest BCUT2D eigenvalue weighted by molar-refractivity contribution is 7.43. The molecule has 0 fully saturated rings. The second-order valence-electron chi connectivity index (χ2n) is 8.13. The number of hydrogen-bond acceptors (Lipinski definition) is 3. The van der Waals surface area contributed by atoms with Crippen LogP contribution in [-0.4, -0.2) is 12.3 Å². The van der Waals surface area contributed by atoms with E-state index < -0.39 is 17.9 Å². The van der Waals surface area contributed by atoms with E-state index in [-0.39, 0.29) is 16.2 Å². The molecule has 0 aliphatic heterocycles. The van der Waals surface area contributed by atoms with Gasteiger partial charge in [0.05, 0.1) is 5.56 Å². The summed E-state index contributed by atoms with van der Waals surface area (Å²) in [4.78, 5) is 13.9. The minimum absolute atomic E-state index is 0.182. The van der Waals surface area contributed by atoms with Crippen molar-refractivity contribution in [2.45, 2.75) is 32.7 Å². The van der Waals surface area contributed by atoms with Gasteiger partial charge >= 0.3 is 12.3 Å². The molecule has 1 atom stereocenters. The van der Waals surface area contributed by atoms with Crippen LogP contribution in [-0.2, 0) is 10.3 Å². The van der Waals surface area contributed by atoms with Gasteiger partial charge in [-0.1, -0.05) is 24.3 Å². The Kier molecular flexibility index (Phi) is 5.93. The number of fused-ring (bicyclic) bond motifs is 1. The van der Waals surface area contributed by atoms with Gasteiger partial charge in [0.15, 0.2) is 9.60 Å². The van der Waals surface area contributed by atoms with E-state index in [0.717, 1.165) is 4.90 Å². The van der Waals surface area contributed by atoms with Crippen LogP contribution in [0.15, 0.2) is 78.2 Å². The fourth-order valence-electron chi connectivity index (χ4n) is 3.63. The monoisotopic (exact) mass is 471 g/mol. The number of carbonyl (C=O) groups is 1. The van der Waals surface area contributed by atoms with Crippen LogP contribution >= 0.6 is 10.5 Å². The Morgan fingerprint density at radius 3 is 2.15 bits per heavy atom. The summed E-state index contributed by atoms with van der Waals surface area (Å²) in [6.07, 6.45) is -4.76. The number of esters is 1. The van der Waals surface area contributed by atoms with Crippen LogP contribution in [0.2, 0.25) is 0 Å². The molecule has 33 heavy (non-hydrogen) atoms. The zero-order chi connectivity index (χ0) is 23.8. The number of alkyl halides is 3. The van der Waals surface area contributed by atoms with Crippen LogP contribution in [0.5, 0.6) is 5.75 Å². The normalized spacial score (nSPS) is 12.6. The highest BCUT2D eigenvalue weighted by Gasteiger charge is 2.32. The van der Waals surface area contributed by atoms with Crippen LogP contribution in [0.25, 0.3) is 15.0 Å². The quantitative estimate of drug-likeness (QED) is 0.219. The molecular weight excluding hydrogens is 449 g/mol. The Hall–Kier alpha value is -3.32. The van der Waals surface area contributed by atoms with Gasteiger partial charge in [-0.05, 0) is 74.9 Å². The summed E-state index contributed by atoms with van der Waals surface area (Å²) >= 11 is 0. The predicted octanol–water partition coefficient (Wildman–Crippen LogP) is 7.88. The van der Waals surface area contributed by atoms with E-state index in [4.69, 9.17) is 4.74 Å². The lowest BCUT2D eigenvalue weighted by molar-refractivity contribution is -0.274. The molecule has 0 saturated heterocycles. The molecular formula is C26H22F3O3S+.